The molecule has 27 heavy (non-hydrogen) atoms. The lowest BCUT2D eigenvalue weighted by Crippen LogP contribution is -2.30. The lowest BCUT2D eigenvalue weighted by atomic mass is 9.92. The molecule has 0 aromatic heterocycles. The molecule has 8 heteroatoms. The highest BCUT2D eigenvalue weighted by molar-refractivity contribution is 7.89. The van der Waals surface area contributed by atoms with Gasteiger partial charge in [-0.05, 0) is 61.1 Å². The molecule has 0 unspecified atom stereocenters. The van der Waals surface area contributed by atoms with Gasteiger partial charge in [0.2, 0.25) is 10.0 Å². The number of sulfonamides is 1. The molecular weight excluding hydrogens is 393 g/mol. The van der Waals surface area contributed by atoms with E-state index in [1.54, 1.807) is 4.72 Å². The summed E-state index contributed by atoms with van der Waals surface area (Å²) < 4.78 is 43.9. The van der Waals surface area contributed by atoms with Crippen LogP contribution in [0.2, 0.25) is 5.02 Å². The average Bonchev–Trinajstić information content (AvgIpc) is 2.60. The second-order valence-electron chi connectivity index (χ2n) is 6.55. The first-order valence-electron chi connectivity index (χ1n) is 8.47. The second-order valence-corrected chi connectivity index (χ2v) is 8.71. The van der Waals surface area contributed by atoms with E-state index in [1.165, 1.54) is 17.5 Å². The van der Waals surface area contributed by atoms with Gasteiger partial charge in [-0.3, -0.25) is 4.79 Å². The van der Waals surface area contributed by atoms with E-state index in [1.807, 2.05) is 18.2 Å². The number of carbonyl (C=O) groups excluding carboxylic acids is 1. The van der Waals surface area contributed by atoms with Gasteiger partial charge in [0.1, 0.15) is 18.2 Å². The number of ether oxygens (including phenoxy) is 1. The molecular formula is C19H19ClFNO4S. The number of nitrogens with one attached hydrogen (secondary N) is 1. The molecule has 0 radical (unpaired) electrons. The van der Waals surface area contributed by atoms with Gasteiger partial charge in [-0.15, -0.1) is 0 Å². The average molecular weight is 412 g/mol. The third-order valence-electron chi connectivity index (χ3n) is 4.37. The summed E-state index contributed by atoms with van der Waals surface area (Å²) in [7, 11) is -3.80. The predicted octanol–water partition coefficient (Wildman–Crippen LogP) is 3.63. The third kappa shape index (κ3) is 4.99. The van der Waals surface area contributed by atoms with E-state index in [9.17, 15) is 17.6 Å². The van der Waals surface area contributed by atoms with E-state index >= 15 is 0 Å². The van der Waals surface area contributed by atoms with Crippen molar-refractivity contribution in [3.63, 3.8) is 0 Å². The zero-order chi connectivity index (χ0) is 19.6. The summed E-state index contributed by atoms with van der Waals surface area (Å²) in [5.41, 5.74) is 2.52. The number of halogens is 2. The van der Waals surface area contributed by atoms with E-state index in [-0.39, 0.29) is 11.6 Å². The van der Waals surface area contributed by atoms with Crippen LogP contribution in [-0.4, -0.2) is 20.6 Å². The Bertz CT molecular complexity index is 991. The van der Waals surface area contributed by atoms with Crippen LogP contribution in [0, 0.1) is 5.82 Å². The van der Waals surface area contributed by atoms with Crippen LogP contribution < -0.4 is 9.46 Å². The molecule has 3 rings (SSSR count). The van der Waals surface area contributed by atoms with Crippen molar-refractivity contribution >= 4 is 27.5 Å². The Balaban J connectivity index is 1.74. The van der Waals surface area contributed by atoms with Crippen molar-refractivity contribution < 1.29 is 22.3 Å². The topological polar surface area (TPSA) is 72.5 Å². The Hall–Kier alpha value is -2.12. The normalized spacial score (nSPS) is 13.7. The molecule has 1 N–H and O–H groups in total. The molecule has 0 atom stereocenters. The van der Waals surface area contributed by atoms with Crippen LogP contribution in [0.25, 0.3) is 0 Å². The van der Waals surface area contributed by atoms with Gasteiger partial charge in [0.25, 0.3) is 5.91 Å². The molecule has 0 heterocycles. The van der Waals surface area contributed by atoms with Gasteiger partial charge >= 0.3 is 0 Å². The molecule has 0 aliphatic heterocycles. The standard InChI is InChI=1S/C19H19ClFNO4S/c1-27(24,25)22-19(23)16-10-17(20)14(9-18(16)21)11-26-15-7-6-12-4-2-3-5-13(12)8-15/h6-10H,2-5,11H2,1H3,(H,22,23). The van der Waals surface area contributed by atoms with Crippen LogP contribution in [0.3, 0.4) is 0 Å². The smallest absolute Gasteiger partial charge is 0.267 e. The highest BCUT2D eigenvalue weighted by atomic mass is 35.5. The highest BCUT2D eigenvalue weighted by Crippen LogP contribution is 2.27. The van der Waals surface area contributed by atoms with Crippen molar-refractivity contribution in [3.8, 4) is 5.75 Å². The fourth-order valence-corrected chi connectivity index (χ4v) is 3.72. The van der Waals surface area contributed by atoms with E-state index in [4.69, 9.17) is 16.3 Å². The largest absolute Gasteiger partial charge is 0.489 e. The van der Waals surface area contributed by atoms with Crippen molar-refractivity contribution in [1.82, 2.24) is 4.72 Å². The Morgan fingerprint density at radius 2 is 1.89 bits per heavy atom. The molecule has 5 nitrogen and oxygen atoms in total. The van der Waals surface area contributed by atoms with Gasteiger partial charge in [-0.1, -0.05) is 17.7 Å². The van der Waals surface area contributed by atoms with Gasteiger partial charge in [0, 0.05) is 10.6 Å². The molecule has 1 aliphatic carbocycles. The lowest BCUT2D eigenvalue weighted by Gasteiger charge is -2.17. The number of hydrogen-bond donors (Lipinski definition) is 1. The maximum atomic E-state index is 14.2. The monoisotopic (exact) mass is 411 g/mol. The van der Waals surface area contributed by atoms with Crippen LogP contribution >= 0.6 is 11.6 Å². The summed E-state index contributed by atoms with van der Waals surface area (Å²) in [6.45, 7) is 0.0303. The van der Waals surface area contributed by atoms with Crippen LogP contribution in [0.1, 0.15) is 39.9 Å². The van der Waals surface area contributed by atoms with Crippen molar-refractivity contribution in [2.45, 2.75) is 32.3 Å². The molecule has 0 fully saturated rings. The quantitative estimate of drug-likeness (QED) is 0.815. The van der Waals surface area contributed by atoms with Crippen molar-refractivity contribution in [1.29, 1.82) is 0 Å². The van der Waals surface area contributed by atoms with Gasteiger partial charge in [-0.2, -0.15) is 0 Å². The third-order valence-corrected chi connectivity index (χ3v) is 5.28. The summed E-state index contributed by atoms with van der Waals surface area (Å²) in [6.07, 6.45) is 5.26. The summed E-state index contributed by atoms with van der Waals surface area (Å²) in [5, 5.41) is 0.119. The minimum absolute atomic E-state index is 0.0303. The number of amides is 1. The SMILES string of the molecule is CS(=O)(=O)NC(=O)c1cc(Cl)c(COc2ccc3c(c2)CCCC3)cc1F. The fraction of sp³-hybridized carbons (Fsp3) is 0.316. The minimum atomic E-state index is -3.80. The Morgan fingerprint density at radius 1 is 1.19 bits per heavy atom. The molecule has 0 saturated carbocycles. The Morgan fingerprint density at radius 3 is 2.59 bits per heavy atom. The van der Waals surface area contributed by atoms with Crippen molar-refractivity contribution in [3.05, 3.63) is 63.4 Å². The fourth-order valence-electron chi connectivity index (χ4n) is 3.06. The molecule has 2 aromatic carbocycles. The van der Waals surface area contributed by atoms with E-state index < -0.39 is 27.3 Å². The Kier molecular flexibility index (Phi) is 5.72. The Labute approximate surface area is 162 Å². The van der Waals surface area contributed by atoms with E-state index in [2.05, 4.69) is 0 Å². The highest BCUT2D eigenvalue weighted by Gasteiger charge is 2.18. The maximum absolute atomic E-state index is 14.2. The first-order valence-corrected chi connectivity index (χ1v) is 10.7. The number of hydrogen-bond acceptors (Lipinski definition) is 4. The van der Waals surface area contributed by atoms with E-state index in [0.717, 1.165) is 37.7 Å². The lowest BCUT2D eigenvalue weighted by molar-refractivity contribution is 0.0977. The molecule has 2 aromatic rings. The minimum Gasteiger partial charge on any atom is -0.489 e. The summed E-state index contributed by atoms with van der Waals surface area (Å²) in [6, 6.07) is 8.10. The van der Waals surface area contributed by atoms with Crippen molar-refractivity contribution in [2.24, 2.45) is 0 Å². The van der Waals surface area contributed by atoms with Crippen LogP contribution in [0.5, 0.6) is 5.75 Å². The second kappa shape index (κ2) is 7.86. The molecule has 1 aliphatic rings. The number of fused-ring (bicyclic) bond motifs is 1. The zero-order valence-electron chi connectivity index (χ0n) is 14.7. The summed E-state index contributed by atoms with van der Waals surface area (Å²) >= 11 is 6.12. The first-order chi connectivity index (χ1) is 12.7. The molecule has 0 spiro atoms. The number of aryl methyl sites for hydroxylation is 2. The van der Waals surface area contributed by atoms with Gasteiger partial charge in [-0.25, -0.2) is 17.5 Å². The van der Waals surface area contributed by atoms with Crippen molar-refractivity contribution in [2.75, 3.05) is 6.26 Å². The van der Waals surface area contributed by atoms with Crippen LogP contribution in [-0.2, 0) is 29.5 Å². The van der Waals surface area contributed by atoms with Gasteiger partial charge in [0.15, 0.2) is 0 Å². The molecule has 144 valence electrons. The molecule has 1 amide bonds. The summed E-state index contributed by atoms with van der Waals surface area (Å²) in [4.78, 5) is 11.8. The summed E-state index contributed by atoms with van der Waals surface area (Å²) in [5.74, 6) is -1.27. The van der Waals surface area contributed by atoms with Crippen LogP contribution in [0.15, 0.2) is 30.3 Å². The zero-order valence-corrected chi connectivity index (χ0v) is 16.3. The van der Waals surface area contributed by atoms with E-state index in [0.29, 0.717) is 11.3 Å². The predicted molar refractivity (Wildman–Crippen MR) is 101 cm³/mol. The molecule has 0 bridgehead atoms. The first kappa shape index (κ1) is 19.6. The maximum Gasteiger partial charge on any atom is 0.267 e. The number of carbonyl (C=O) groups is 1. The van der Waals surface area contributed by atoms with Crippen LogP contribution in [0.4, 0.5) is 4.39 Å². The van der Waals surface area contributed by atoms with Gasteiger partial charge < -0.3 is 4.74 Å². The number of benzene rings is 2. The van der Waals surface area contributed by atoms with Gasteiger partial charge in [0.05, 0.1) is 11.8 Å². The number of rotatable bonds is 5. The molecule has 0 saturated heterocycles.